The number of carboxylic acids is 2. The summed E-state index contributed by atoms with van der Waals surface area (Å²) < 4.78 is 26.4. The van der Waals surface area contributed by atoms with E-state index in [2.05, 4.69) is 152 Å². The summed E-state index contributed by atoms with van der Waals surface area (Å²) >= 11 is 0. The smallest absolute Gasteiger partial charge is 0.335 e. The number of hydrogen-bond acceptors (Lipinski definition) is 12. The van der Waals surface area contributed by atoms with Crippen molar-refractivity contribution >= 4 is 34.7 Å². The van der Waals surface area contributed by atoms with Crippen molar-refractivity contribution in [1.82, 2.24) is 0 Å². The molecule has 0 saturated carbocycles. The molecule has 8 aromatic carbocycles. The number of hydrogen-bond donors (Lipinski definition) is 4. The van der Waals surface area contributed by atoms with Crippen LogP contribution in [0.2, 0.25) is 0 Å². The molecule has 0 amide bonds. The average Bonchev–Trinajstić information content (AvgIpc) is 0.769. The largest absolute Gasteiger partial charge is 0.507 e. The molecule has 0 saturated heterocycles. The molecule has 0 aliphatic heterocycles. The quantitative estimate of drug-likeness (QED) is 0.0270. The minimum absolute atomic E-state index is 0.202. The van der Waals surface area contributed by atoms with Gasteiger partial charge in [-0.25, -0.2) is 9.59 Å². The lowest BCUT2D eigenvalue weighted by molar-refractivity contribution is 0.0686. The van der Waals surface area contributed by atoms with Gasteiger partial charge < -0.3 is 39.4 Å². The van der Waals surface area contributed by atoms with Crippen LogP contribution in [0.3, 0.4) is 0 Å². The summed E-state index contributed by atoms with van der Waals surface area (Å²) in [7, 11) is 0. The molecule has 1 aliphatic carbocycles. The van der Waals surface area contributed by atoms with Crippen molar-refractivity contribution in [3.8, 4) is 34.5 Å². The molecular weight excluding hydrogens is 1250 g/mol. The van der Waals surface area contributed by atoms with Gasteiger partial charge in [0.25, 0.3) is 0 Å². The van der Waals surface area contributed by atoms with Gasteiger partial charge in [0.2, 0.25) is 0 Å². The highest BCUT2D eigenvalue weighted by Crippen LogP contribution is 2.44. The molecule has 0 fully saturated rings. The van der Waals surface area contributed by atoms with Crippen molar-refractivity contribution < 1.29 is 49.0 Å². The highest BCUT2D eigenvalue weighted by Gasteiger charge is 2.29. The molecule has 14 heteroatoms. The molecule has 8 bridgehead atoms. The first-order valence-corrected chi connectivity index (χ1v) is 35.8. The van der Waals surface area contributed by atoms with Crippen molar-refractivity contribution in [1.29, 1.82) is 0 Å². The van der Waals surface area contributed by atoms with E-state index in [-0.39, 0.29) is 44.3 Å². The summed E-state index contributed by atoms with van der Waals surface area (Å²) in [5.74, 6) is 1.79. The van der Waals surface area contributed by atoms with Crippen LogP contribution in [0.4, 0.5) is 22.7 Å². The van der Waals surface area contributed by atoms with Gasteiger partial charge in [0.05, 0.1) is 60.3 Å². The molecule has 100 heavy (non-hydrogen) atoms. The Morgan fingerprint density at radius 1 is 0.310 bits per heavy atom. The summed E-state index contributed by atoms with van der Waals surface area (Å²) in [6.45, 7) is 29.2. The second-order valence-corrected chi connectivity index (χ2v) is 31.0. The van der Waals surface area contributed by atoms with Gasteiger partial charge in [-0.3, -0.25) is 0 Å². The maximum absolute atomic E-state index is 12.9. The Bertz CT molecular complexity index is 3760. The highest BCUT2D eigenvalue weighted by atomic mass is 16.5. The number of aromatic carboxylic acids is 2. The SMILES string of the molecule is CC(C)(C)c1cc2c(O)c(c1)Cc1cc(C(C)(C)C)cc(c1OCCCCCCCCOc1ccc(N=Nc3ccc(C(=O)O)cc3)cc1)Cc1cc(C(C)(C)C)cc(c1O)Cc1cc(C(C)(C)C)cc(c1OCCCCCCCCOc1ccc(N=Nc3ccc(C(=O)O)cc3)cc1)C2. The first kappa shape index (κ1) is 74.9. The van der Waals surface area contributed by atoms with E-state index in [1.54, 1.807) is 24.3 Å². The maximum atomic E-state index is 12.9. The van der Waals surface area contributed by atoms with E-state index in [0.29, 0.717) is 74.9 Å². The van der Waals surface area contributed by atoms with E-state index in [1.165, 1.54) is 35.4 Å². The van der Waals surface area contributed by atoms with Crippen molar-refractivity contribution in [2.45, 2.75) is 207 Å². The number of carbonyl (C=O) groups is 2. The number of aromatic hydroxyl groups is 2. The van der Waals surface area contributed by atoms with Gasteiger partial charge in [0, 0.05) is 25.7 Å². The van der Waals surface area contributed by atoms with E-state index in [9.17, 15) is 30.0 Å². The van der Waals surface area contributed by atoms with Crippen molar-refractivity contribution in [2.75, 3.05) is 26.4 Å². The molecule has 9 rings (SSSR count). The zero-order valence-electron chi connectivity index (χ0n) is 61.0. The van der Waals surface area contributed by atoms with Crippen LogP contribution in [0.15, 0.2) is 166 Å². The van der Waals surface area contributed by atoms with Crippen LogP contribution >= 0.6 is 0 Å². The predicted octanol–water partition coefficient (Wildman–Crippen LogP) is 22.8. The average molecular weight is 1350 g/mol. The third kappa shape index (κ3) is 21.4. The number of unbranched alkanes of at least 4 members (excludes halogenated alkanes) is 10. The Hall–Kier alpha value is -9.30. The fraction of sp³-hybridized carbons (Fsp3) is 0.419. The first-order valence-electron chi connectivity index (χ1n) is 35.8. The molecule has 1 aliphatic rings. The van der Waals surface area contributed by atoms with Crippen LogP contribution in [-0.4, -0.2) is 58.8 Å². The standard InChI is InChI=1S/C86H104N4O10/c1-83(2,3)67-49-59-45-63-53-69(85(7,8)9)55-65(79(63)99-43-23-19-15-13-17-21-41-97-75-37-33-73(34-38-75)89-87-71-29-25-57(26-30-71)81(93)94)47-61-51-68(84(4,5)6)52-62(78(61)92)48-66-56-70(86(10,11)12)54-64(46-60(50-67)77(59)91)80(66)100-44-24-20-16-14-18-22-42-98-76-39-35-74(36-40-76)90-88-72-31-27-58(28-32-72)82(95)96/h25-40,49-56,91-92H,13-24,41-48H2,1-12H3,(H,93,94)(H,95,96). The summed E-state index contributed by atoms with van der Waals surface area (Å²) in [5.41, 5.74) is 14.1. The lowest BCUT2D eigenvalue weighted by atomic mass is 9.79. The Morgan fingerprint density at radius 3 is 0.750 bits per heavy atom. The van der Waals surface area contributed by atoms with Crippen molar-refractivity contribution in [2.24, 2.45) is 20.5 Å². The molecular formula is C86H104N4O10. The Balaban J connectivity index is 0.890. The van der Waals surface area contributed by atoms with Gasteiger partial charge in [0.15, 0.2) is 0 Å². The molecule has 0 heterocycles. The molecule has 0 spiro atoms. The Morgan fingerprint density at radius 2 is 0.520 bits per heavy atom. The van der Waals surface area contributed by atoms with E-state index >= 15 is 0 Å². The molecule has 8 aromatic rings. The zero-order valence-corrected chi connectivity index (χ0v) is 61.0. The fourth-order valence-corrected chi connectivity index (χ4v) is 12.4. The number of ether oxygens (including phenoxy) is 4. The van der Waals surface area contributed by atoms with Crippen LogP contribution in [-0.2, 0) is 47.3 Å². The van der Waals surface area contributed by atoms with Gasteiger partial charge >= 0.3 is 11.9 Å². The van der Waals surface area contributed by atoms with Crippen LogP contribution in [0, 0.1) is 0 Å². The molecule has 14 nitrogen and oxygen atoms in total. The fourth-order valence-electron chi connectivity index (χ4n) is 12.4. The van der Waals surface area contributed by atoms with E-state index in [1.807, 2.05) is 48.5 Å². The van der Waals surface area contributed by atoms with Crippen LogP contribution in [0.25, 0.3) is 0 Å². The molecule has 0 radical (unpaired) electrons. The Labute approximate surface area is 593 Å². The highest BCUT2D eigenvalue weighted by molar-refractivity contribution is 5.88. The van der Waals surface area contributed by atoms with E-state index in [0.717, 1.165) is 156 Å². The molecule has 0 aromatic heterocycles. The summed E-state index contributed by atoms with van der Waals surface area (Å²) in [6.07, 6.45) is 13.8. The van der Waals surface area contributed by atoms with Crippen molar-refractivity contribution in [3.05, 3.63) is 223 Å². The second-order valence-electron chi connectivity index (χ2n) is 31.0. The monoisotopic (exact) mass is 1350 g/mol. The molecule has 528 valence electrons. The second kappa shape index (κ2) is 33.7. The van der Waals surface area contributed by atoms with Gasteiger partial charge in [-0.1, -0.05) is 183 Å². The topological polar surface area (TPSA) is 201 Å². The number of carboxylic acid groups (broad SMARTS) is 2. The number of azo groups is 2. The summed E-state index contributed by atoms with van der Waals surface area (Å²) in [6, 6.07) is 45.5. The van der Waals surface area contributed by atoms with Crippen LogP contribution in [0.5, 0.6) is 34.5 Å². The number of benzene rings is 8. The number of phenols is 2. The normalized spacial score (nSPS) is 12.8. The third-order valence-corrected chi connectivity index (χ3v) is 18.6. The van der Waals surface area contributed by atoms with Gasteiger partial charge in [-0.2, -0.15) is 20.5 Å². The minimum atomic E-state index is -0.982. The molecule has 4 N–H and O–H groups in total. The van der Waals surface area contributed by atoms with Crippen LogP contribution < -0.4 is 18.9 Å². The number of phenolic OH excluding ortho intramolecular Hbond substituents is 2. The summed E-state index contributed by atoms with van der Waals surface area (Å²) in [5, 5.41) is 61.2. The van der Waals surface area contributed by atoms with Gasteiger partial charge in [-0.15, -0.1) is 0 Å². The Kier molecular flexibility index (Phi) is 25.2. The van der Waals surface area contributed by atoms with Gasteiger partial charge in [-0.05, 0) is 211 Å². The number of fused-ring (bicyclic) bond motifs is 8. The van der Waals surface area contributed by atoms with Gasteiger partial charge in [0.1, 0.15) is 34.5 Å². The lowest BCUT2D eigenvalue weighted by Crippen LogP contribution is -2.17. The number of nitrogens with zero attached hydrogens (tertiary/aromatic N) is 4. The zero-order chi connectivity index (χ0) is 71.8. The summed E-state index contributed by atoms with van der Waals surface area (Å²) in [4.78, 5) is 22.4. The number of rotatable bonds is 28. The minimum Gasteiger partial charge on any atom is -0.507 e. The molecule has 0 atom stereocenters. The van der Waals surface area contributed by atoms with Crippen LogP contribution in [0.1, 0.15) is 248 Å². The van der Waals surface area contributed by atoms with E-state index < -0.39 is 11.9 Å². The van der Waals surface area contributed by atoms with E-state index in [4.69, 9.17) is 18.9 Å². The van der Waals surface area contributed by atoms with Crippen molar-refractivity contribution in [3.63, 3.8) is 0 Å². The third-order valence-electron chi connectivity index (χ3n) is 18.6. The maximum Gasteiger partial charge on any atom is 0.335 e. The first-order chi connectivity index (χ1) is 47.5. The predicted molar refractivity (Wildman–Crippen MR) is 401 cm³/mol. The lowest BCUT2D eigenvalue weighted by Gasteiger charge is -2.28. The molecule has 0 unspecified atom stereocenters.